The van der Waals surface area contributed by atoms with Crippen LogP contribution in [0, 0.1) is 11.8 Å². The first kappa shape index (κ1) is 24.4. The minimum atomic E-state index is -0.0464. The average molecular weight is 501 g/mol. The molecule has 0 spiro atoms. The topological polar surface area (TPSA) is 68.7 Å². The Morgan fingerprint density at radius 3 is 2.82 bits per heavy atom. The Bertz CT molecular complexity index is 1210. The Kier molecular flexibility index (Phi) is 8.30. The molecular formula is C25H26Cl2N4O3. The van der Waals surface area contributed by atoms with Crippen molar-refractivity contribution in [3.05, 3.63) is 46.7 Å². The molecule has 2 aromatic carbocycles. The molecule has 2 heterocycles. The number of fused-ring (bicyclic) bond motifs is 1. The van der Waals surface area contributed by atoms with Gasteiger partial charge in [0.1, 0.15) is 24.9 Å². The van der Waals surface area contributed by atoms with Crippen molar-refractivity contribution in [2.75, 3.05) is 45.3 Å². The molecular weight excluding hydrogens is 475 g/mol. The van der Waals surface area contributed by atoms with Crippen molar-refractivity contribution in [1.82, 2.24) is 14.9 Å². The fraction of sp³-hybridized carbons (Fsp3) is 0.360. The maximum Gasteiger partial charge on any atom is 0.163 e. The third kappa shape index (κ3) is 6.02. The average Bonchev–Trinajstić information content (AvgIpc) is 2.85. The first-order chi connectivity index (χ1) is 16.6. The SMILES string of the molecule is CCC#CCN1CCOC(COc2cc3ncnc(Nc4ccc(Cl)c(Cl)c4)c3cc2OC)C1. The Morgan fingerprint density at radius 1 is 1.15 bits per heavy atom. The highest BCUT2D eigenvalue weighted by molar-refractivity contribution is 6.42. The van der Waals surface area contributed by atoms with E-state index in [9.17, 15) is 0 Å². The zero-order valence-electron chi connectivity index (χ0n) is 19.1. The normalized spacial score (nSPS) is 16.1. The summed E-state index contributed by atoms with van der Waals surface area (Å²) < 4.78 is 17.6. The molecule has 4 rings (SSSR count). The Labute approximate surface area is 209 Å². The van der Waals surface area contributed by atoms with Gasteiger partial charge in [0.2, 0.25) is 0 Å². The molecule has 1 unspecified atom stereocenters. The van der Waals surface area contributed by atoms with Crippen LogP contribution in [0.5, 0.6) is 11.5 Å². The van der Waals surface area contributed by atoms with Crippen molar-refractivity contribution < 1.29 is 14.2 Å². The zero-order chi connectivity index (χ0) is 23.9. The van der Waals surface area contributed by atoms with Gasteiger partial charge < -0.3 is 19.5 Å². The van der Waals surface area contributed by atoms with Crippen LogP contribution < -0.4 is 14.8 Å². The number of benzene rings is 2. The lowest BCUT2D eigenvalue weighted by Gasteiger charge is -2.31. The van der Waals surface area contributed by atoms with E-state index >= 15 is 0 Å². The summed E-state index contributed by atoms with van der Waals surface area (Å²) in [6.45, 7) is 5.51. The third-order valence-corrected chi connectivity index (χ3v) is 6.09. The van der Waals surface area contributed by atoms with E-state index in [1.54, 1.807) is 19.2 Å². The van der Waals surface area contributed by atoms with E-state index in [-0.39, 0.29) is 6.10 Å². The van der Waals surface area contributed by atoms with Gasteiger partial charge in [0.05, 0.1) is 35.8 Å². The minimum absolute atomic E-state index is 0.0464. The first-order valence-corrected chi connectivity index (χ1v) is 11.8. The fourth-order valence-electron chi connectivity index (χ4n) is 3.65. The number of halogens is 2. The van der Waals surface area contributed by atoms with Gasteiger partial charge in [0, 0.05) is 36.7 Å². The molecule has 1 N–H and O–H groups in total. The highest BCUT2D eigenvalue weighted by atomic mass is 35.5. The monoisotopic (exact) mass is 500 g/mol. The number of nitrogens with one attached hydrogen (secondary N) is 1. The Morgan fingerprint density at radius 2 is 2.03 bits per heavy atom. The molecule has 0 aliphatic carbocycles. The van der Waals surface area contributed by atoms with Gasteiger partial charge in [-0.2, -0.15) is 0 Å². The second-order valence-electron chi connectivity index (χ2n) is 7.74. The fourth-order valence-corrected chi connectivity index (χ4v) is 3.94. The number of aromatic nitrogens is 2. The van der Waals surface area contributed by atoms with Crippen LogP contribution in [0.15, 0.2) is 36.7 Å². The maximum atomic E-state index is 6.15. The van der Waals surface area contributed by atoms with E-state index in [0.29, 0.717) is 40.6 Å². The van der Waals surface area contributed by atoms with Gasteiger partial charge in [-0.3, -0.25) is 4.90 Å². The van der Waals surface area contributed by atoms with Crippen LogP contribution in [0.1, 0.15) is 13.3 Å². The van der Waals surface area contributed by atoms with Crippen molar-refractivity contribution in [3.63, 3.8) is 0 Å². The summed E-state index contributed by atoms with van der Waals surface area (Å²) in [7, 11) is 1.61. The van der Waals surface area contributed by atoms with Gasteiger partial charge >= 0.3 is 0 Å². The van der Waals surface area contributed by atoms with Gasteiger partial charge in [0.15, 0.2) is 11.5 Å². The number of ether oxygens (including phenoxy) is 3. The third-order valence-electron chi connectivity index (χ3n) is 5.36. The van der Waals surface area contributed by atoms with Gasteiger partial charge in [0.25, 0.3) is 0 Å². The van der Waals surface area contributed by atoms with Crippen molar-refractivity contribution in [2.45, 2.75) is 19.4 Å². The minimum Gasteiger partial charge on any atom is -0.493 e. The number of anilines is 2. The van der Waals surface area contributed by atoms with E-state index in [0.717, 1.165) is 42.6 Å². The number of rotatable bonds is 7. The predicted octanol–water partition coefficient (Wildman–Crippen LogP) is 5.18. The van der Waals surface area contributed by atoms with Crippen molar-refractivity contribution in [3.8, 4) is 23.3 Å². The number of hydrogen-bond acceptors (Lipinski definition) is 7. The molecule has 178 valence electrons. The van der Waals surface area contributed by atoms with Crippen LogP contribution in [0.25, 0.3) is 10.9 Å². The summed E-state index contributed by atoms with van der Waals surface area (Å²) in [4.78, 5) is 11.1. The number of hydrogen-bond donors (Lipinski definition) is 1. The molecule has 7 nitrogen and oxygen atoms in total. The van der Waals surface area contributed by atoms with Crippen molar-refractivity contribution >= 4 is 45.6 Å². The number of morpholine rings is 1. The van der Waals surface area contributed by atoms with E-state index in [1.807, 2.05) is 18.2 Å². The standard InChI is InChI=1S/C25H26Cl2N4O3/c1-3-4-5-8-31-9-10-33-18(14-31)15-34-24-13-22-19(12-23(24)32-2)25(29-16-28-22)30-17-6-7-20(26)21(27)11-17/h6-7,11-13,16,18H,3,8-10,14-15H2,1-2H3,(H,28,29,30). The largest absolute Gasteiger partial charge is 0.493 e. The highest BCUT2D eigenvalue weighted by Gasteiger charge is 2.21. The molecule has 0 amide bonds. The summed E-state index contributed by atoms with van der Waals surface area (Å²) in [5.41, 5.74) is 1.48. The number of methoxy groups -OCH3 is 1. The van der Waals surface area contributed by atoms with Gasteiger partial charge in [-0.25, -0.2) is 9.97 Å². The van der Waals surface area contributed by atoms with Crippen LogP contribution in [0.4, 0.5) is 11.5 Å². The maximum absolute atomic E-state index is 6.15. The summed E-state index contributed by atoms with van der Waals surface area (Å²) in [5.74, 6) is 8.11. The van der Waals surface area contributed by atoms with E-state index in [1.165, 1.54) is 6.33 Å². The smallest absolute Gasteiger partial charge is 0.163 e. The quantitative estimate of drug-likeness (QED) is 0.448. The molecule has 0 saturated carbocycles. The van der Waals surface area contributed by atoms with E-state index in [2.05, 4.69) is 38.9 Å². The molecule has 1 saturated heterocycles. The van der Waals surface area contributed by atoms with Crippen LogP contribution >= 0.6 is 23.2 Å². The van der Waals surface area contributed by atoms with E-state index in [4.69, 9.17) is 37.4 Å². The lowest BCUT2D eigenvalue weighted by Crippen LogP contribution is -2.45. The van der Waals surface area contributed by atoms with Gasteiger partial charge in [-0.05, 0) is 24.3 Å². The lowest BCUT2D eigenvalue weighted by molar-refractivity contribution is -0.0443. The molecule has 1 aliphatic rings. The lowest BCUT2D eigenvalue weighted by atomic mass is 10.2. The zero-order valence-corrected chi connectivity index (χ0v) is 20.6. The first-order valence-electron chi connectivity index (χ1n) is 11.0. The molecule has 1 aliphatic heterocycles. The second-order valence-corrected chi connectivity index (χ2v) is 8.56. The molecule has 3 aromatic rings. The highest BCUT2D eigenvalue weighted by Crippen LogP contribution is 2.35. The summed E-state index contributed by atoms with van der Waals surface area (Å²) in [6, 6.07) is 9.01. The summed E-state index contributed by atoms with van der Waals surface area (Å²) in [5, 5.41) is 5.00. The van der Waals surface area contributed by atoms with Gasteiger partial charge in [-0.1, -0.05) is 36.0 Å². The molecule has 34 heavy (non-hydrogen) atoms. The van der Waals surface area contributed by atoms with Crippen LogP contribution in [0.3, 0.4) is 0 Å². The Hall–Kier alpha value is -2.76. The number of nitrogens with zero attached hydrogens (tertiary/aromatic N) is 3. The van der Waals surface area contributed by atoms with Crippen molar-refractivity contribution in [2.24, 2.45) is 0 Å². The molecule has 0 radical (unpaired) electrons. The molecule has 9 heteroatoms. The van der Waals surface area contributed by atoms with Gasteiger partial charge in [-0.15, -0.1) is 5.92 Å². The molecule has 1 atom stereocenters. The molecule has 1 fully saturated rings. The molecule has 1 aromatic heterocycles. The van der Waals surface area contributed by atoms with Crippen molar-refractivity contribution in [1.29, 1.82) is 0 Å². The Balaban J connectivity index is 1.50. The van der Waals surface area contributed by atoms with Crippen LogP contribution in [0.2, 0.25) is 10.0 Å². The predicted molar refractivity (Wildman–Crippen MR) is 136 cm³/mol. The van der Waals surface area contributed by atoms with E-state index < -0.39 is 0 Å². The summed E-state index contributed by atoms with van der Waals surface area (Å²) >= 11 is 12.2. The second kappa shape index (κ2) is 11.6. The molecule has 0 bridgehead atoms. The van der Waals surface area contributed by atoms with Crippen LogP contribution in [-0.4, -0.2) is 60.9 Å². The summed E-state index contributed by atoms with van der Waals surface area (Å²) in [6.07, 6.45) is 2.32. The van der Waals surface area contributed by atoms with Crippen LogP contribution in [-0.2, 0) is 4.74 Å².